The second-order valence-corrected chi connectivity index (χ2v) is 6.07. The van der Waals surface area contributed by atoms with Gasteiger partial charge in [0.05, 0.1) is 7.11 Å². The number of hydrogen-bond donors (Lipinski definition) is 2. The van der Waals surface area contributed by atoms with Gasteiger partial charge in [-0.2, -0.15) is 0 Å². The Morgan fingerprint density at radius 2 is 2.08 bits per heavy atom. The number of ether oxygens (including phenoxy) is 1. The third-order valence-electron chi connectivity index (χ3n) is 4.65. The molecule has 25 heavy (non-hydrogen) atoms. The predicted octanol–water partition coefficient (Wildman–Crippen LogP) is 3.37. The SMILES string of the molecule is CCN1CCc2c(-c3cc(F)ccc3OC)ccc(NC(N)=O)c2C1. The fourth-order valence-corrected chi connectivity index (χ4v) is 3.39. The molecule has 0 aliphatic carbocycles. The van der Waals surface area contributed by atoms with Crippen LogP contribution in [0.25, 0.3) is 11.1 Å². The molecule has 1 aliphatic rings. The summed E-state index contributed by atoms with van der Waals surface area (Å²) in [5.74, 6) is 0.312. The van der Waals surface area contributed by atoms with Crippen LogP contribution in [-0.4, -0.2) is 31.1 Å². The Hall–Kier alpha value is -2.60. The zero-order valence-electron chi connectivity index (χ0n) is 14.4. The second kappa shape index (κ2) is 7.11. The third-order valence-corrected chi connectivity index (χ3v) is 4.65. The molecule has 2 amide bonds. The second-order valence-electron chi connectivity index (χ2n) is 6.07. The standard InChI is InChI=1S/C19H22FN3O2/c1-3-23-9-8-14-13(15-10-12(20)4-7-18(15)25-2)5-6-17(16(14)11-23)22-19(21)24/h4-7,10H,3,8-9,11H2,1-2H3,(H3,21,22,24). The molecule has 132 valence electrons. The van der Waals surface area contributed by atoms with Crippen molar-refractivity contribution in [3.05, 3.63) is 47.3 Å². The average Bonchev–Trinajstić information content (AvgIpc) is 2.61. The Labute approximate surface area is 146 Å². The maximum atomic E-state index is 13.8. The quantitative estimate of drug-likeness (QED) is 0.894. The minimum absolute atomic E-state index is 0.310. The molecule has 0 spiro atoms. The Bertz CT molecular complexity index is 807. The number of likely N-dealkylation sites (N-methyl/N-ethyl adjacent to an activating group) is 1. The monoisotopic (exact) mass is 343 g/mol. The maximum absolute atomic E-state index is 13.8. The highest BCUT2D eigenvalue weighted by molar-refractivity contribution is 5.90. The van der Waals surface area contributed by atoms with E-state index >= 15 is 0 Å². The van der Waals surface area contributed by atoms with Gasteiger partial charge in [-0.05, 0) is 53.9 Å². The zero-order valence-corrected chi connectivity index (χ0v) is 14.4. The fraction of sp³-hybridized carbons (Fsp3) is 0.316. The van der Waals surface area contributed by atoms with Crippen molar-refractivity contribution in [2.75, 3.05) is 25.5 Å². The van der Waals surface area contributed by atoms with Crippen molar-refractivity contribution in [2.24, 2.45) is 5.73 Å². The maximum Gasteiger partial charge on any atom is 0.316 e. The number of methoxy groups -OCH3 is 1. The van der Waals surface area contributed by atoms with E-state index in [4.69, 9.17) is 10.5 Å². The first-order valence-corrected chi connectivity index (χ1v) is 8.31. The van der Waals surface area contributed by atoms with E-state index in [0.717, 1.165) is 36.2 Å². The number of carbonyl (C=O) groups is 1. The number of nitrogens with two attached hydrogens (primary N) is 1. The molecule has 6 heteroatoms. The van der Waals surface area contributed by atoms with Crippen LogP contribution in [0.1, 0.15) is 18.1 Å². The van der Waals surface area contributed by atoms with Gasteiger partial charge in [-0.15, -0.1) is 0 Å². The summed E-state index contributed by atoms with van der Waals surface area (Å²) >= 11 is 0. The number of fused-ring (bicyclic) bond motifs is 1. The van der Waals surface area contributed by atoms with Crippen LogP contribution in [0.2, 0.25) is 0 Å². The van der Waals surface area contributed by atoms with E-state index in [9.17, 15) is 9.18 Å². The van der Waals surface area contributed by atoms with E-state index in [2.05, 4.69) is 17.1 Å². The molecule has 3 rings (SSSR count). The molecule has 0 saturated heterocycles. The largest absolute Gasteiger partial charge is 0.496 e. The summed E-state index contributed by atoms with van der Waals surface area (Å²) < 4.78 is 19.2. The number of primary amides is 1. The Morgan fingerprint density at radius 1 is 1.28 bits per heavy atom. The van der Waals surface area contributed by atoms with Crippen LogP contribution in [0.15, 0.2) is 30.3 Å². The molecule has 2 aromatic rings. The first-order chi connectivity index (χ1) is 12.0. The van der Waals surface area contributed by atoms with Crippen molar-refractivity contribution in [3.8, 4) is 16.9 Å². The summed E-state index contributed by atoms with van der Waals surface area (Å²) in [5, 5.41) is 2.70. The molecule has 0 bridgehead atoms. The van der Waals surface area contributed by atoms with Gasteiger partial charge in [-0.1, -0.05) is 13.0 Å². The Morgan fingerprint density at radius 3 is 2.76 bits per heavy atom. The number of halogens is 1. The highest BCUT2D eigenvalue weighted by atomic mass is 19.1. The molecule has 1 heterocycles. The minimum atomic E-state index is -0.591. The summed E-state index contributed by atoms with van der Waals surface area (Å²) in [6.45, 7) is 4.65. The van der Waals surface area contributed by atoms with Crippen LogP contribution in [0.5, 0.6) is 5.75 Å². The highest BCUT2D eigenvalue weighted by Crippen LogP contribution is 2.39. The van der Waals surface area contributed by atoms with E-state index in [-0.39, 0.29) is 5.82 Å². The molecule has 1 aliphatic heterocycles. The van der Waals surface area contributed by atoms with Gasteiger partial charge in [0.15, 0.2) is 0 Å². The number of hydrogen-bond acceptors (Lipinski definition) is 3. The topological polar surface area (TPSA) is 67.6 Å². The lowest BCUT2D eigenvalue weighted by Gasteiger charge is -2.31. The van der Waals surface area contributed by atoms with E-state index < -0.39 is 6.03 Å². The van der Waals surface area contributed by atoms with Crippen LogP contribution < -0.4 is 15.8 Å². The minimum Gasteiger partial charge on any atom is -0.496 e. The molecular weight excluding hydrogens is 321 g/mol. The highest BCUT2D eigenvalue weighted by Gasteiger charge is 2.23. The van der Waals surface area contributed by atoms with Crippen LogP contribution in [0.4, 0.5) is 14.9 Å². The molecule has 0 unspecified atom stereocenters. The van der Waals surface area contributed by atoms with Gasteiger partial charge in [-0.3, -0.25) is 4.90 Å². The summed E-state index contributed by atoms with van der Waals surface area (Å²) in [4.78, 5) is 13.6. The van der Waals surface area contributed by atoms with Crippen molar-refractivity contribution in [1.29, 1.82) is 0 Å². The molecule has 5 nitrogen and oxygen atoms in total. The molecule has 0 saturated carbocycles. The molecule has 0 fully saturated rings. The van der Waals surface area contributed by atoms with Crippen LogP contribution in [0.3, 0.4) is 0 Å². The molecule has 0 aromatic heterocycles. The van der Waals surface area contributed by atoms with Gasteiger partial charge in [0.1, 0.15) is 11.6 Å². The zero-order chi connectivity index (χ0) is 18.0. The fourth-order valence-electron chi connectivity index (χ4n) is 3.39. The van der Waals surface area contributed by atoms with Crippen LogP contribution in [-0.2, 0) is 13.0 Å². The number of rotatable bonds is 4. The molecular formula is C19H22FN3O2. The van der Waals surface area contributed by atoms with E-state index in [1.807, 2.05) is 12.1 Å². The molecule has 0 atom stereocenters. The lowest BCUT2D eigenvalue weighted by Crippen LogP contribution is -2.32. The normalized spacial score (nSPS) is 14.0. The number of urea groups is 1. The lowest BCUT2D eigenvalue weighted by atomic mass is 9.89. The van der Waals surface area contributed by atoms with Crippen molar-refractivity contribution in [1.82, 2.24) is 4.90 Å². The lowest BCUT2D eigenvalue weighted by molar-refractivity contribution is 0.258. The Balaban J connectivity index is 2.17. The number of nitrogens with one attached hydrogen (secondary N) is 1. The molecule has 0 radical (unpaired) electrons. The predicted molar refractivity (Wildman–Crippen MR) is 96.2 cm³/mol. The van der Waals surface area contributed by atoms with E-state index in [0.29, 0.717) is 23.5 Å². The third kappa shape index (κ3) is 3.44. The van der Waals surface area contributed by atoms with Crippen molar-refractivity contribution >= 4 is 11.7 Å². The van der Waals surface area contributed by atoms with Gasteiger partial charge < -0.3 is 15.8 Å². The summed E-state index contributed by atoms with van der Waals surface area (Å²) in [7, 11) is 1.57. The van der Waals surface area contributed by atoms with Gasteiger partial charge in [0.25, 0.3) is 0 Å². The summed E-state index contributed by atoms with van der Waals surface area (Å²) in [6, 6.07) is 7.63. The van der Waals surface area contributed by atoms with Crippen LogP contribution >= 0.6 is 0 Å². The average molecular weight is 343 g/mol. The first-order valence-electron chi connectivity index (χ1n) is 8.31. The van der Waals surface area contributed by atoms with Crippen molar-refractivity contribution in [2.45, 2.75) is 19.9 Å². The van der Waals surface area contributed by atoms with Crippen molar-refractivity contribution < 1.29 is 13.9 Å². The number of amides is 2. The number of carbonyl (C=O) groups excluding carboxylic acids is 1. The van der Waals surface area contributed by atoms with E-state index in [1.54, 1.807) is 13.2 Å². The summed E-state index contributed by atoms with van der Waals surface area (Å²) in [6.07, 6.45) is 0.812. The molecule has 2 aromatic carbocycles. The van der Waals surface area contributed by atoms with Gasteiger partial charge in [0.2, 0.25) is 0 Å². The van der Waals surface area contributed by atoms with Gasteiger partial charge in [-0.25, -0.2) is 9.18 Å². The number of anilines is 1. The van der Waals surface area contributed by atoms with Gasteiger partial charge >= 0.3 is 6.03 Å². The number of nitrogens with zero attached hydrogens (tertiary/aromatic N) is 1. The first kappa shape index (κ1) is 17.2. The number of benzene rings is 2. The van der Waals surface area contributed by atoms with Gasteiger partial charge in [0, 0.05) is 24.3 Å². The Kier molecular flexibility index (Phi) is 4.90. The smallest absolute Gasteiger partial charge is 0.316 e. The molecule has 3 N–H and O–H groups in total. The van der Waals surface area contributed by atoms with Crippen molar-refractivity contribution in [3.63, 3.8) is 0 Å². The van der Waals surface area contributed by atoms with Crippen LogP contribution in [0, 0.1) is 5.82 Å². The summed E-state index contributed by atoms with van der Waals surface area (Å²) in [5.41, 5.74) is 9.78. The van der Waals surface area contributed by atoms with E-state index in [1.165, 1.54) is 12.1 Å².